The fourth-order valence-electron chi connectivity index (χ4n) is 3.69. The number of likely N-dealkylation sites (N-methyl/N-ethyl adjacent to an activating group) is 1. The lowest BCUT2D eigenvalue weighted by atomic mass is 10.2. The standard InChI is InChI=1S/C22H24N4O3S2/c1-25-6-7-27-18(12-25)13-26(10-16-14-28-21(23-16)19-4-2-8-30-19)11-17-15-29-22(24-17)20-5-3-9-31-20/h2-5,8-9,14-15,18H,6-7,10-13H2,1H3. The van der Waals surface area contributed by atoms with E-state index >= 15 is 0 Å². The van der Waals surface area contributed by atoms with E-state index in [-0.39, 0.29) is 6.10 Å². The molecule has 0 spiro atoms. The van der Waals surface area contributed by atoms with Crippen LogP contribution in [0.3, 0.4) is 0 Å². The van der Waals surface area contributed by atoms with Crippen molar-refractivity contribution in [1.82, 2.24) is 19.8 Å². The van der Waals surface area contributed by atoms with E-state index in [1.165, 1.54) is 0 Å². The summed E-state index contributed by atoms with van der Waals surface area (Å²) in [6.07, 6.45) is 3.64. The number of hydrogen-bond donors (Lipinski definition) is 0. The molecule has 1 saturated heterocycles. The van der Waals surface area contributed by atoms with Gasteiger partial charge in [-0.3, -0.25) is 4.90 Å². The van der Waals surface area contributed by atoms with Gasteiger partial charge in [0.1, 0.15) is 12.5 Å². The van der Waals surface area contributed by atoms with Crippen molar-refractivity contribution in [2.75, 3.05) is 33.3 Å². The Morgan fingerprint density at radius 3 is 2.13 bits per heavy atom. The molecule has 7 nitrogen and oxygen atoms in total. The molecule has 1 aliphatic heterocycles. The molecule has 1 aliphatic rings. The van der Waals surface area contributed by atoms with Gasteiger partial charge in [0.2, 0.25) is 11.8 Å². The Hall–Kier alpha value is -2.30. The third-order valence-corrected chi connectivity index (χ3v) is 6.86. The molecule has 1 fully saturated rings. The summed E-state index contributed by atoms with van der Waals surface area (Å²) in [5.41, 5.74) is 1.80. The van der Waals surface area contributed by atoms with Gasteiger partial charge in [0.15, 0.2) is 0 Å². The van der Waals surface area contributed by atoms with Crippen LogP contribution >= 0.6 is 22.7 Å². The van der Waals surface area contributed by atoms with Crippen molar-refractivity contribution in [2.24, 2.45) is 0 Å². The summed E-state index contributed by atoms with van der Waals surface area (Å²) < 4.78 is 17.5. The summed E-state index contributed by atoms with van der Waals surface area (Å²) in [5.74, 6) is 1.33. The zero-order valence-corrected chi connectivity index (χ0v) is 18.9. The summed E-state index contributed by atoms with van der Waals surface area (Å²) in [5, 5.41) is 4.05. The van der Waals surface area contributed by atoms with Gasteiger partial charge in [-0.15, -0.1) is 22.7 Å². The van der Waals surface area contributed by atoms with E-state index in [9.17, 15) is 0 Å². The summed E-state index contributed by atoms with van der Waals surface area (Å²) in [7, 11) is 2.13. The zero-order chi connectivity index (χ0) is 21.0. The monoisotopic (exact) mass is 456 g/mol. The number of hydrogen-bond acceptors (Lipinski definition) is 9. The van der Waals surface area contributed by atoms with Gasteiger partial charge in [0, 0.05) is 32.7 Å². The first kappa shape index (κ1) is 20.6. The Morgan fingerprint density at radius 2 is 1.61 bits per heavy atom. The van der Waals surface area contributed by atoms with Gasteiger partial charge in [0.05, 0.1) is 33.9 Å². The van der Waals surface area contributed by atoms with E-state index in [4.69, 9.17) is 23.5 Å². The SMILES string of the molecule is CN1CCOC(CN(Cc2coc(-c3cccs3)n2)Cc2coc(-c3cccs3)n2)C1. The fraction of sp³-hybridized carbons (Fsp3) is 0.364. The molecule has 1 unspecified atom stereocenters. The maximum atomic E-state index is 6.01. The summed E-state index contributed by atoms with van der Waals surface area (Å²) in [6, 6.07) is 8.04. The van der Waals surface area contributed by atoms with Crippen LogP contribution in [0.2, 0.25) is 0 Å². The fourth-order valence-corrected chi connectivity index (χ4v) is 5.01. The molecular formula is C22H24N4O3S2. The highest BCUT2D eigenvalue weighted by Crippen LogP contribution is 2.26. The molecule has 0 amide bonds. The summed E-state index contributed by atoms with van der Waals surface area (Å²) in [6.45, 7) is 4.73. The van der Waals surface area contributed by atoms with Gasteiger partial charge in [-0.05, 0) is 29.9 Å². The number of morpholine rings is 1. The number of rotatable bonds is 8. The highest BCUT2D eigenvalue weighted by molar-refractivity contribution is 7.13. The lowest BCUT2D eigenvalue weighted by molar-refractivity contribution is -0.0382. The average Bonchev–Trinajstić information content (AvgIpc) is 3.54. The van der Waals surface area contributed by atoms with Crippen molar-refractivity contribution in [3.63, 3.8) is 0 Å². The molecule has 0 radical (unpaired) electrons. The molecule has 0 N–H and O–H groups in total. The second kappa shape index (κ2) is 9.46. The van der Waals surface area contributed by atoms with Gasteiger partial charge in [0.25, 0.3) is 0 Å². The number of oxazole rings is 2. The molecule has 162 valence electrons. The van der Waals surface area contributed by atoms with Crippen LogP contribution < -0.4 is 0 Å². The minimum atomic E-state index is 0.145. The molecule has 9 heteroatoms. The minimum absolute atomic E-state index is 0.145. The first-order valence-electron chi connectivity index (χ1n) is 10.2. The number of thiophene rings is 2. The van der Waals surface area contributed by atoms with E-state index in [0.29, 0.717) is 24.9 Å². The molecular weight excluding hydrogens is 432 g/mol. The molecule has 0 aliphatic carbocycles. The summed E-state index contributed by atoms with van der Waals surface area (Å²) in [4.78, 5) is 16.1. The third-order valence-electron chi connectivity index (χ3n) is 5.14. The average molecular weight is 457 g/mol. The van der Waals surface area contributed by atoms with Gasteiger partial charge < -0.3 is 18.5 Å². The topological polar surface area (TPSA) is 67.8 Å². The first-order valence-corrected chi connectivity index (χ1v) is 12.0. The van der Waals surface area contributed by atoms with Crippen molar-refractivity contribution in [1.29, 1.82) is 0 Å². The Labute approximate surface area is 188 Å². The van der Waals surface area contributed by atoms with E-state index in [0.717, 1.165) is 47.4 Å². The summed E-state index contributed by atoms with van der Waals surface area (Å²) >= 11 is 3.25. The minimum Gasteiger partial charge on any atom is -0.444 e. The normalized spacial score (nSPS) is 17.5. The van der Waals surface area contributed by atoms with Crippen molar-refractivity contribution in [3.05, 3.63) is 58.9 Å². The van der Waals surface area contributed by atoms with Crippen molar-refractivity contribution in [2.45, 2.75) is 19.2 Å². The molecule has 4 aromatic rings. The molecule has 0 bridgehead atoms. The van der Waals surface area contributed by atoms with Gasteiger partial charge >= 0.3 is 0 Å². The van der Waals surface area contributed by atoms with Crippen LogP contribution in [0.15, 0.2) is 56.4 Å². The number of ether oxygens (including phenoxy) is 1. The second-order valence-electron chi connectivity index (χ2n) is 7.67. The zero-order valence-electron chi connectivity index (χ0n) is 17.3. The van der Waals surface area contributed by atoms with Crippen LogP contribution in [0.25, 0.3) is 21.5 Å². The highest BCUT2D eigenvalue weighted by Gasteiger charge is 2.23. The largest absolute Gasteiger partial charge is 0.444 e. The molecule has 4 aromatic heterocycles. The van der Waals surface area contributed by atoms with Crippen LogP contribution in [-0.2, 0) is 17.8 Å². The molecule has 5 rings (SSSR count). The number of nitrogens with zero attached hydrogens (tertiary/aromatic N) is 4. The smallest absolute Gasteiger partial charge is 0.236 e. The Morgan fingerprint density at radius 1 is 1.00 bits per heavy atom. The maximum Gasteiger partial charge on any atom is 0.236 e. The lowest BCUT2D eigenvalue weighted by Crippen LogP contribution is -2.45. The second-order valence-corrected chi connectivity index (χ2v) is 9.56. The van der Waals surface area contributed by atoms with Crippen LogP contribution in [0, 0.1) is 0 Å². The Bertz CT molecular complexity index is 1000. The van der Waals surface area contributed by atoms with Crippen LogP contribution in [0.4, 0.5) is 0 Å². The molecule has 1 atom stereocenters. The quantitative estimate of drug-likeness (QED) is 0.388. The predicted molar refractivity (Wildman–Crippen MR) is 121 cm³/mol. The van der Waals surface area contributed by atoms with Gasteiger partial charge in [-0.1, -0.05) is 12.1 Å². The molecule has 0 aromatic carbocycles. The van der Waals surface area contributed by atoms with E-state index in [2.05, 4.69) is 16.8 Å². The van der Waals surface area contributed by atoms with Crippen LogP contribution in [0.1, 0.15) is 11.4 Å². The van der Waals surface area contributed by atoms with Crippen molar-refractivity contribution >= 4 is 22.7 Å². The number of aromatic nitrogens is 2. The Balaban J connectivity index is 1.31. The predicted octanol–water partition coefficient (Wildman–Crippen LogP) is 4.45. The third kappa shape index (κ3) is 5.13. The van der Waals surface area contributed by atoms with E-state index in [1.54, 1.807) is 35.2 Å². The van der Waals surface area contributed by atoms with Gasteiger partial charge in [-0.25, -0.2) is 9.97 Å². The van der Waals surface area contributed by atoms with Gasteiger partial charge in [-0.2, -0.15) is 0 Å². The van der Waals surface area contributed by atoms with E-state index in [1.807, 2.05) is 35.0 Å². The highest BCUT2D eigenvalue weighted by atomic mass is 32.1. The lowest BCUT2D eigenvalue weighted by Gasteiger charge is -2.33. The van der Waals surface area contributed by atoms with Crippen molar-refractivity contribution < 1.29 is 13.6 Å². The molecule has 31 heavy (non-hydrogen) atoms. The molecule has 5 heterocycles. The van der Waals surface area contributed by atoms with Crippen LogP contribution in [0.5, 0.6) is 0 Å². The maximum absolute atomic E-state index is 6.01. The van der Waals surface area contributed by atoms with Crippen molar-refractivity contribution in [3.8, 4) is 21.5 Å². The van der Waals surface area contributed by atoms with E-state index < -0.39 is 0 Å². The van der Waals surface area contributed by atoms with Crippen LogP contribution in [-0.4, -0.2) is 59.2 Å². The Kier molecular flexibility index (Phi) is 6.28. The first-order chi connectivity index (χ1) is 15.2. The molecule has 0 saturated carbocycles.